The van der Waals surface area contributed by atoms with E-state index in [0.717, 1.165) is 12.8 Å². The Bertz CT molecular complexity index is 424. The third-order valence-corrected chi connectivity index (χ3v) is 5.47. The first kappa shape index (κ1) is 18.5. The zero-order valence-electron chi connectivity index (χ0n) is 14.3. The fourth-order valence-electron chi connectivity index (χ4n) is 4.26. The molecule has 3 fully saturated rings. The van der Waals surface area contributed by atoms with Crippen LogP contribution in [-0.2, 0) is 9.59 Å². The lowest BCUT2D eigenvalue weighted by molar-refractivity contribution is -0.142. The molecule has 3 saturated heterocycles. The lowest BCUT2D eigenvalue weighted by atomic mass is 9.89. The second kappa shape index (κ2) is 7.84. The molecule has 2 bridgehead atoms. The number of hydrogen-bond donors (Lipinski definition) is 1. The van der Waals surface area contributed by atoms with Crippen molar-refractivity contribution in [3.05, 3.63) is 0 Å². The van der Waals surface area contributed by atoms with Crippen molar-refractivity contribution in [2.75, 3.05) is 26.2 Å². The molecule has 0 aliphatic carbocycles. The Balaban J connectivity index is 0.00000192. The highest BCUT2D eigenvalue weighted by Crippen LogP contribution is 2.33. The SMILES string of the molecule is CC(C)C(=O)N1CCN(C(=O)CC2CC3CCC(C2)N3)CC1.Cl. The third kappa shape index (κ3) is 4.38. The average Bonchev–Trinajstić information content (AvgIpc) is 2.85. The molecule has 0 aromatic carbocycles. The molecule has 3 aliphatic rings. The fraction of sp³-hybridized carbons (Fsp3) is 0.882. The highest BCUT2D eigenvalue weighted by atomic mass is 35.5. The van der Waals surface area contributed by atoms with Crippen LogP contribution in [-0.4, -0.2) is 59.9 Å². The van der Waals surface area contributed by atoms with Gasteiger partial charge in [-0.2, -0.15) is 0 Å². The average molecular weight is 344 g/mol. The van der Waals surface area contributed by atoms with Crippen molar-refractivity contribution in [3.63, 3.8) is 0 Å². The van der Waals surface area contributed by atoms with Gasteiger partial charge in [0.1, 0.15) is 0 Å². The van der Waals surface area contributed by atoms with Gasteiger partial charge in [0.25, 0.3) is 0 Å². The maximum Gasteiger partial charge on any atom is 0.225 e. The summed E-state index contributed by atoms with van der Waals surface area (Å²) in [6.45, 7) is 6.67. The number of piperidine rings is 1. The quantitative estimate of drug-likeness (QED) is 0.847. The van der Waals surface area contributed by atoms with Crippen LogP contribution < -0.4 is 5.32 Å². The van der Waals surface area contributed by atoms with E-state index in [1.165, 1.54) is 12.8 Å². The van der Waals surface area contributed by atoms with Crippen molar-refractivity contribution < 1.29 is 9.59 Å². The Kier molecular flexibility index (Phi) is 6.32. The Morgan fingerprint density at radius 3 is 2.04 bits per heavy atom. The summed E-state index contributed by atoms with van der Waals surface area (Å²) >= 11 is 0. The summed E-state index contributed by atoms with van der Waals surface area (Å²) in [5.41, 5.74) is 0. The highest BCUT2D eigenvalue weighted by molar-refractivity contribution is 5.85. The molecule has 0 spiro atoms. The van der Waals surface area contributed by atoms with E-state index < -0.39 is 0 Å². The molecule has 2 unspecified atom stereocenters. The Hall–Kier alpha value is -0.810. The van der Waals surface area contributed by atoms with Crippen LogP contribution in [0.15, 0.2) is 0 Å². The topological polar surface area (TPSA) is 52.7 Å². The summed E-state index contributed by atoms with van der Waals surface area (Å²) in [6, 6.07) is 1.30. The predicted octanol–water partition coefficient (Wildman–Crippen LogP) is 1.66. The predicted molar refractivity (Wildman–Crippen MR) is 92.5 cm³/mol. The van der Waals surface area contributed by atoms with Crippen LogP contribution >= 0.6 is 12.4 Å². The molecular formula is C17H30ClN3O2. The van der Waals surface area contributed by atoms with E-state index >= 15 is 0 Å². The summed E-state index contributed by atoms with van der Waals surface area (Å²) in [7, 11) is 0. The van der Waals surface area contributed by atoms with E-state index in [1.54, 1.807) is 0 Å². The monoisotopic (exact) mass is 343 g/mol. The van der Waals surface area contributed by atoms with Crippen molar-refractivity contribution in [2.45, 2.75) is 58.0 Å². The minimum absolute atomic E-state index is 0. The molecule has 3 aliphatic heterocycles. The zero-order chi connectivity index (χ0) is 15.7. The lowest BCUT2D eigenvalue weighted by Crippen LogP contribution is -2.52. The molecule has 0 aromatic rings. The number of carbonyl (C=O) groups excluding carboxylic acids is 2. The van der Waals surface area contributed by atoms with E-state index in [1.807, 2.05) is 23.6 Å². The maximum absolute atomic E-state index is 12.5. The second-order valence-electron chi connectivity index (χ2n) is 7.54. The summed E-state index contributed by atoms with van der Waals surface area (Å²) in [5.74, 6) is 1.11. The molecule has 2 atom stereocenters. The van der Waals surface area contributed by atoms with Gasteiger partial charge < -0.3 is 15.1 Å². The smallest absolute Gasteiger partial charge is 0.225 e. The standard InChI is InChI=1S/C17H29N3O2.ClH/c1-12(2)17(22)20-7-5-19(6-8-20)16(21)11-13-9-14-3-4-15(10-13)18-14;/h12-15,18H,3-11H2,1-2H3;1H. The number of halogens is 1. The number of piperazine rings is 1. The number of hydrogen-bond acceptors (Lipinski definition) is 3. The van der Waals surface area contributed by atoms with E-state index in [9.17, 15) is 9.59 Å². The van der Waals surface area contributed by atoms with Gasteiger partial charge in [-0.1, -0.05) is 13.8 Å². The third-order valence-electron chi connectivity index (χ3n) is 5.47. The molecular weight excluding hydrogens is 314 g/mol. The normalized spacial score (nSPS) is 30.3. The Morgan fingerprint density at radius 1 is 1.00 bits per heavy atom. The van der Waals surface area contributed by atoms with Gasteiger partial charge in [0.05, 0.1) is 0 Å². The van der Waals surface area contributed by atoms with Crippen molar-refractivity contribution >= 4 is 24.2 Å². The first-order valence-electron chi connectivity index (χ1n) is 8.85. The molecule has 3 heterocycles. The van der Waals surface area contributed by atoms with Crippen LogP contribution in [0.3, 0.4) is 0 Å². The second-order valence-corrected chi connectivity index (χ2v) is 7.54. The number of nitrogens with zero attached hydrogens (tertiary/aromatic N) is 2. The first-order chi connectivity index (χ1) is 10.5. The van der Waals surface area contributed by atoms with Gasteiger partial charge in [0.15, 0.2) is 0 Å². The molecule has 0 saturated carbocycles. The van der Waals surface area contributed by atoms with Crippen LogP contribution in [0.5, 0.6) is 0 Å². The molecule has 23 heavy (non-hydrogen) atoms. The minimum atomic E-state index is 0. The molecule has 2 amide bonds. The summed E-state index contributed by atoms with van der Waals surface area (Å²) < 4.78 is 0. The molecule has 0 radical (unpaired) electrons. The summed E-state index contributed by atoms with van der Waals surface area (Å²) in [4.78, 5) is 28.4. The number of rotatable bonds is 3. The fourth-order valence-corrected chi connectivity index (χ4v) is 4.26. The van der Waals surface area contributed by atoms with Gasteiger partial charge in [0.2, 0.25) is 11.8 Å². The van der Waals surface area contributed by atoms with Crippen molar-refractivity contribution in [1.29, 1.82) is 0 Å². The van der Waals surface area contributed by atoms with Crippen molar-refractivity contribution in [3.8, 4) is 0 Å². The Morgan fingerprint density at radius 2 is 1.52 bits per heavy atom. The molecule has 132 valence electrons. The molecule has 3 rings (SSSR count). The molecule has 1 N–H and O–H groups in total. The Labute approximate surface area is 145 Å². The largest absolute Gasteiger partial charge is 0.339 e. The van der Waals surface area contributed by atoms with Crippen molar-refractivity contribution in [2.24, 2.45) is 11.8 Å². The summed E-state index contributed by atoms with van der Waals surface area (Å²) in [5, 5.41) is 3.63. The van der Waals surface area contributed by atoms with Crippen LogP contribution in [0, 0.1) is 11.8 Å². The summed E-state index contributed by atoms with van der Waals surface area (Å²) in [6.07, 6.45) is 5.59. The van der Waals surface area contributed by atoms with E-state index in [4.69, 9.17) is 0 Å². The maximum atomic E-state index is 12.5. The van der Waals surface area contributed by atoms with E-state index in [2.05, 4.69) is 5.32 Å². The number of carbonyl (C=O) groups is 2. The van der Waals surface area contributed by atoms with Gasteiger partial charge in [-0.25, -0.2) is 0 Å². The van der Waals surface area contributed by atoms with E-state index in [0.29, 0.717) is 56.5 Å². The van der Waals surface area contributed by atoms with Gasteiger partial charge in [-0.05, 0) is 31.6 Å². The highest BCUT2D eigenvalue weighted by Gasteiger charge is 2.35. The number of amides is 2. The first-order valence-corrected chi connectivity index (χ1v) is 8.85. The van der Waals surface area contributed by atoms with Gasteiger partial charge in [-0.15, -0.1) is 12.4 Å². The van der Waals surface area contributed by atoms with Crippen LogP contribution in [0.4, 0.5) is 0 Å². The van der Waals surface area contributed by atoms with Crippen LogP contribution in [0.1, 0.15) is 46.0 Å². The van der Waals surface area contributed by atoms with E-state index in [-0.39, 0.29) is 24.2 Å². The van der Waals surface area contributed by atoms with Crippen LogP contribution in [0.25, 0.3) is 0 Å². The minimum Gasteiger partial charge on any atom is -0.339 e. The van der Waals surface area contributed by atoms with Crippen LogP contribution in [0.2, 0.25) is 0 Å². The van der Waals surface area contributed by atoms with Gasteiger partial charge in [-0.3, -0.25) is 9.59 Å². The zero-order valence-corrected chi connectivity index (χ0v) is 15.1. The molecule has 0 aromatic heterocycles. The lowest BCUT2D eigenvalue weighted by Gasteiger charge is -2.37. The molecule has 6 heteroatoms. The van der Waals surface area contributed by atoms with Gasteiger partial charge in [0, 0.05) is 50.6 Å². The van der Waals surface area contributed by atoms with Gasteiger partial charge >= 0.3 is 0 Å². The number of nitrogens with one attached hydrogen (secondary N) is 1. The van der Waals surface area contributed by atoms with Crippen molar-refractivity contribution in [1.82, 2.24) is 15.1 Å². The number of fused-ring (bicyclic) bond motifs is 2. The molecule has 5 nitrogen and oxygen atoms in total.